The second-order valence-electron chi connectivity index (χ2n) is 24.1. The Labute approximate surface area is 474 Å². The van der Waals surface area contributed by atoms with Crippen LogP contribution in [-0.2, 0) is 33.5 Å². The van der Waals surface area contributed by atoms with Crippen LogP contribution in [0.1, 0.15) is 140 Å². The number of nitrogens with one attached hydrogen (secondary N) is 5. The Balaban J connectivity index is 0.000000295. The molecular formula is C55H84Cl2N10O12. The number of hydrogen-bond donors (Lipinski definition) is 8. The predicted octanol–water partition coefficient (Wildman–Crippen LogP) is 4.33. The zero-order chi connectivity index (χ0) is 58.7. The van der Waals surface area contributed by atoms with Crippen molar-refractivity contribution in [2.75, 3.05) is 13.1 Å². The maximum absolute atomic E-state index is 14.1. The number of nitrogens with zero attached hydrogens (tertiary/aromatic N) is 4. The lowest BCUT2D eigenvalue weighted by Crippen LogP contribution is -2.59. The molecule has 440 valence electrons. The second-order valence-corrected chi connectivity index (χ2v) is 25.0. The maximum Gasteiger partial charge on any atom is 0.408 e. The van der Waals surface area contributed by atoms with Crippen LogP contribution >= 0.6 is 23.2 Å². The van der Waals surface area contributed by atoms with Crippen LogP contribution in [0.2, 0.25) is 10.0 Å². The Morgan fingerprint density at radius 3 is 1.38 bits per heavy atom. The van der Waals surface area contributed by atoms with Crippen molar-refractivity contribution in [3.63, 3.8) is 0 Å². The number of alkyl carbamates (subject to hydrolysis) is 1. The van der Waals surface area contributed by atoms with Crippen molar-refractivity contribution < 1.29 is 58.0 Å². The number of rotatable bonds is 21. The van der Waals surface area contributed by atoms with Gasteiger partial charge < -0.3 is 66.5 Å². The lowest BCUT2D eigenvalue weighted by molar-refractivity contribution is -0.143. The number of hydrogen-bond acceptors (Lipinski definition) is 15. The van der Waals surface area contributed by atoms with E-state index in [9.17, 15) is 43.8 Å². The molecule has 2 aromatic rings. The van der Waals surface area contributed by atoms with Crippen LogP contribution in [0.5, 0.6) is 11.8 Å². The van der Waals surface area contributed by atoms with Gasteiger partial charge in [-0.25, -0.2) is 14.8 Å². The van der Waals surface area contributed by atoms with Crippen molar-refractivity contribution >= 4 is 64.7 Å². The highest BCUT2D eigenvalue weighted by molar-refractivity contribution is 6.30. The SMILES string of the molecule is CCC[C@H](NC(=O)[C@@H]1C[C@@H](Oc2ccc(Cl)cn2)CN1C(=O)[C@@H](N)C(C)(C)C)C(O)C(=O)NC1CC1.CCC[C@H](NC(=O)[C@@H]1C[C@@H](Oc2ccc(Cl)cn2)CN1C(=O)[C@@H](NC(=O)OC(C)(C)C)C(C)(C)C)C(O)C(=O)NC1CC1. The minimum Gasteiger partial charge on any atom is -0.472 e. The van der Waals surface area contributed by atoms with E-state index in [1.54, 1.807) is 65.8 Å². The summed E-state index contributed by atoms with van der Waals surface area (Å²) in [7, 11) is 0. The number of aromatic nitrogens is 2. The normalized spacial score (nSPS) is 21.6. The first-order valence-corrected chi connectivity index (χ1v) is 28.1. The molecule has 4 fully saturated rings. The Bertz CT molecular complexity index is 2410. The topological polar surface area (TPSA) is 306 Å². The molecule has 10 atom stereocenters. The highest BCUT2D eigenvalue weighted by atomic mass is 35.5. The van der Waals surface area contributed by atoms with E-state index in [-0.39, 0.29) is 49.8 Å². The molecule has 4 heterocycles. The summed E-state index contributed by atoms with van der Waals surface area (Å²) < 4.78 is 17.4. The summed E-state index contributed by atoms with van der Waals surface area (Å²) in [4.78, 5) is 104. The molecule has 2 aliphatic carbocycles. The third-order valence-corrected chi connectivity index (χ3v) is 14.1. The van der Waals surface area contributed by atoms with Gasteiger partial charge in [-0.15, -0.1) is 0 Å². The number of likely N-dealkylation sites (tertiary alicyclic amines) is 2. The van der Waals surface area contributed by atoms with Crippen molar-refractivity contribution in [2.45, 2.75) is 219 Å². The summed E-state index contributed by atoms with van der Waals surface area (Å²) in [5.74, 6) is -2.29. The van der Waals surface area contributed by atoms with Gasteiger partial charge in [-0.1, -0.05) is 91.4 Å². The van der Waals surface area contributed by atoms with Gasteiger partial charge in [-0.05, 0) is 82.3 Å². The van der Waals surface area contributed by atoms with Gasteiger partial charge in [0.25, 0.3) is 11.8 Å². The molecule has 4 aliphatic rings. The number of carbonyl (C=O) groups is 7. The molecule has 79 heavy (non-hydrogen) atoms. The van der Waals surface area contributed by atoms with Gasteiger partial charge in [0.2, 0.25) is 35.4 Å². The zero-order valence-corrected chi connectivity index (χ0v) is 49.0. The highest BCUT2D eigenvalue weighted by Gasteiger charge is 2.48. The lowest BCUT2D eigenvalue weighted by Gasteiger charge is -2.36. The fraction of sp³-hybridized carbons (Fsp3) is 0.691. The van der Waals surface area contributed by atoms with Crippen LogP contribution in [0.4, 0.5) is 4.79 Å². The molecule has 22 nitrogen and oxygen atoms in total. The average Bonchev–Trinajstić information content (AvgIpc) is 4.35. The van der Waals surface area contributed by atoms with E-state index in [1.165, 1.54) is 22.2 Å². The summed E-state index contributed by atoms with van der Waals surface area (Å²) in [6.07, 6.45) is 4.02. The first-order chi connectivity index (χ1) is 36.9. The van der Waals surface area contributed by atoms with Crippen molar-refractivity contribution in [1.29, 1.82) is 0 Å². The molecule has 0 aromatic carbocycles. The van der Waals surface area contributed by atoms with Crippen molar-refractivity contribution in [1.82, 2.24) is 46.4 Å². The minimum atomic E-state index is -1.45. The summed E-state index contributed by atoms with van der Waals surface area (Å²) >= 11 is 11.9. The summed E-state index contributed by atoms with van der Waals surface area (Å²) in [5.41, 5.74) is 4.22. The predicted molar refractivity (Wildman–Crippen MR) is 296 cm³/mol. The van der Waals surface area contributed by atoms with Crippen LogP contribution in [0.25, 0.3) is 0 Å². The number of nitrogens with two attached hydrogens (primary N) is 1. The van der Waals surface area contributed by atoms with E-state index in [0.29, 0.717) is 41.6 Å². The molecule has 6 rings (SSSR count). The monoisotopic (exact) mass is 1150 g/mol. The van der Waals surface area contributed by atoms with Crippen LogP contribution in [0, 0.1) is 10.8 Å². The third-order valence-electron chi connectivity index (χ3n) is 13.6. The van der Waals surface area contributed by atoms with Crippen LogP contribution in [0.15, 0.2) is 36.7 Å². The number of halogens is 2. The van der Waals surface area contributed by atoms with E-state index < -0.39 is 113 Å². The van der Waals surface area contributed by atoms with E-state index in [4.69, 9.17) is 43.1 Å². The van der Waals surface area contributed by atoms with Crippen molar-refractivity contribution in [3.8, 4) is 11.8 Å². The number of carbonyl (C=O) groups excluding carboxylic acids is 7. The summed E-state index contributed by atoms with van der Waals surface area (Å²) in [6.45, 7) is 20.1. The number of amides is 7. The Morgan fingerprint density at radius 1 is 0.646 bits per heavy atom. The van der Waals surface area contributed by atoms with Gasteiger partial charge in [-0.2, -0.15) is 0 Å². The van der Waals surface area contributed by atoms with Gasteiger partial charge in [0.1, 0.15) is 35.9 Å². The largest absolute Gasteiger partial charge is 0.472 e. The Hall–Kier alpha value is -5.55. The Morgan fingerprint density at radius 2 is 1.05 bits per heavy atom. The van der Waals surface area contributed by atoms with Gasteiger partial charge in [0, 0.05) is 49.5 Å². The molecule has 0 radical (unpaired) electrons. The van der Waals surface area contributed by atoms with E-state index in [1.807, 2.05) is 34.6 Å². The molecule has 2 saturated carbocycles. The van der Waals surface area contributed by atoms with Crippen LogP contribution in [-0.4, -0.2) is 163 Å². The smallest absolute Gasteiger partial charge is 0.408 e. The zero-order valence-electron chi connectivity index (χ0n) is 47.5. The standard InChI is InChI=1S/C30H46ClN5O7.C25H38ClN5O5/c1-8-9-20(23(37)26(39)33-18-11-12-18)34-25(38)21-14-19(42-22-13-10-17(31)15-32-22)16-36(21)27(40)24(29(2,3)4)35-28(41)43-30(5,6)7;1-5-6-17(20(32)23(34)29-15-8-9-15)30-22(33)18-11-16(36-19-10-7-14(26)12-28-19)13-31(18)24(35)21(27)25(2,3)4/h10,13,15,18-21,23-24,37H,8-9,11-12,14,16H2,1-7H3,(H,33,39)(H,34,38)(H,35,41);7,10,12,15-18,20-21,32H,5-6,8-9,11,13,27H2,1-4H3,(H,29,34)(H,30,33)/t19-,20+,21+,23?,24-;16-,17+,18+,20?,21-/m11/s1. The molecule has 24 heteroatoms. The number of ether oxygens (including phenoxy) is 3. The fourth-order valence-corrected chi connectivity index (χ4v) is 9.16. The van der Waals surface area contributed by atoms with Gasteiger partial charge in [-0.3, -0.25) is 28.8 Å². The highest BCUT2D eigenvalue weighted by Crippen LogP contribution is 2.31. The molecule has 0 spiro atoms. The molecule has 9 N–H and O–H groups in total. The molecule has 0 bridgehead atoms. The second kappa shape index (κ2) is 27.7. The lowest BCUT2D eigenvalue weighted by atomic mass is 9.85. The van der Waals surface area contributed by atoms with E-state index >= 15 is 0 Å². The first-order valence-electron chi connectivity index (χ1n) is 27.4. The quantitative estimate of drug-likeness (QED) is 0.0863. The van der Waals surface area contributed by atoms with E-state index in [0.717, 1.165) is 25.7 Å². The number of aliphatic hydroxyl groups is 2. The average molecular weight is 1150 g/mol. The third kappa shape index (κ3) is 19.6. The van der Waals surface area contributed by atoms with E-state index in [2.05, 4.69) is 36.6 Å². The molecule has 7 amide bonds. The first kappa shape index (κ1) is 64.3. The summed E-state index contributed by atoms with van der Waals surface area (Å²) in [6, 6.07) is 1.23. The van der Waals surface area contributed by atoms with Crippen LogP contribution < -0.4 is 41.8 Å². The minimum absolute atomic E-state index is 0.0347. The maximum atomic E-state index is 14.1. The molecule has 2 aromatic heterocycles. The van der Waals surface area contributed by atoms with Crippen molar-refractivity contribution in [3.05, 3.63) is 46.7 Å². The molecule has 2 unspecified atom stereocenters. The molecule has 2 aliphatic heterocycles. The van der Waals surface area contributed by atoms with Gasteiger partial charge in [0.15, 0.2) is 12.2 Å². The number of pyridine rings is 2. The molecular weight excluding hydrogens is 1060 g/mol. The van der Waals surface area contributed by atoms with Gasteiger partial charge >= 0.3 is 6.09 Å². The van der Waals surface area contributed by atoms with Crippen LogP contribution in [0.3, 0.4) is 0 Å². The number of aliphatic hydroxyl groups excluding tert-OH is 2. The summed E-state index contributed by atoms with van der Waals surface area (Å²) in [5, 5.41) is 36.2. The fourth-order valence-electron chi connectivity index (χ4n) is 8.94. The van der Waals surface area contributed by atoms with Gasteiger partial charge in [0.05, 0.1) is 41.3 Å². The molecule has 2 saturated heterocycles. The Kier molecular flexibility index (Phi) is 22.6. The van der Waals surface area contributed by atoms with Crippen molar-refractivity contribution in [2.24, 2.45) is 16.6 Å².